The van der Waals surface area contributed by atoms with Crippen LogP contribution in [0.15, 0.2) is 12.4 Å². The maximum atomic E-state index is 12.4. The van der Waals surface area contributed by atoms with Gasteiger partial charge in [0, 0.05) is 26.2 Å². The van der Waals surface area contributed by atoms with E-state index in [1.807, 2.05) is 14.0 Å². The molecule has 0 unspecified atom stereocenters. The summed E-state index contributed by atoms with van der Waals surface area (Å²) >= 11 is 0. The van der Waals surface area contributed by atoms with Gasteiger partial charge in [-0.15, -0.1) is 0 Å². The molecule has 0 saturated heterocycles. The van der Waals surface area contributed by atoms with Gasteiger partial charge in [-0.05, 0) is 51.4 Å². The normalized spacial score (nSPS) is 15.8. The molecule has 0 spiro atoms. The average molecular weight is 460 g/mol. The zero-order chi connectivity index (χ0) is 23.8. The third-order valence-corrected chi connectivity index (χ3v) is 6.22. The molecule has 2 aliphatic rings. The molecule has 2 aliphatic carbocycles. The fraction of sp³-hybridized carbons (Fsp3) is 0.609. The predicted octanol–water partition coefficient (Wildman–Crippen LogP) is 3.58. The lowest BCUT2D eigenvalue weighted by Crippen LogP contribution is -2.34. The second kappa shape index (κ2) is 11.6. The van der Waals surface area contributed by atoms with Crippen molar-refractivity contribution in [3.05, 3.63) is 23.8 Å². The number of carboxylic acid groups (broad SMARTS) is 1. The van der Waals surface area contributed by atoms with Crippen molar-refractivity contribution in [1.29, 1.82) is 0 Å². The van der Waals surface area contributed by atoms with Crippen molar-refractivity contribution in [3.8, 4) is 17.1 Å². The van der Waals surface area contributed by atoms with E-state index in [4.69, 9.17) is 19.4 Å². The van der Waals surface area contributed by atoms with E-state index in [0.29, 0.717) is 17.5 Å². The third-order valence-electron chi connectivity index (χ3n) is 6.22. The van der Waals surface area contributed by atoms with Crippen LogP contribution in [0.3, 0.4) is 0 Å². The molecule has 180 valence electrons. The molecule has 4 rings (SSSR count). The van der Waals surface area contributed by atoms with Crippen LogP contribution in [0.4, 0.5) is 4.79 Å². The van der Waals surface area contributed by atoms with Gasteiger partial charge in [-0.1, -0.05) is 6.42 Å². The Morgan fingerprint density at radius 2 is 1.94 bits per heavy atom. The second-order valence-electron chi connectivity index (χ2n) is 8.64. The zero-order valence-electron chi connectivity index (χ0n) is 19.6. The van der Waals surface area contributed by atoms with Crippen LogP contribution in [0, 0.1) is 12.8 Å². The highest BCUT2D eigenvalue weighted by atomic mass is 16.6. The molecule has 0 radical (unpaired) electrons. The van der Waals surface area contributed by atoms with Crippen LogP contribution in [0.1, 0.15) is 56.3 Å². The molecule has 0 bridgehead atoms. The van der Waals surface area contributed by atoms with Gasteiger partial charge in [0.2, 0.25) is 5.88 Å². The van der Waals surface area contributed by atoms with Crippen molar-refractivity contribution in [1.82, 2.24) is 24.6 Å². The lowest BCUT2D eigenvalue weighted by Gasteiger charge is -2.29. The number of ether oxygens (including phenoxy) is 2. The fourth-order valence-corrected chi connectivity index (χ4v) is 4.11. The quantitative estimate of drug-likeness (QED) is 0.624. The summed E-state index contributed by atoms with van der Waals surface area (Å²) in [5.41, 5.74) is 3.06. The van der Waals surface area contributed by atoms with Gasteiger partial charge in [0.25, 0.3) is 6.47 Å². The Bertz CT molecular complexity index is 937. The maximum Gasteiger partial charge on any atom is 0.409 e. The highest BCUT2D eigenvalue weighted by molar-refractivity contribution is 5.68. The molecule has 2 saturated carbocycles. The van der Waals surface area contributed by atoms with Crippen LogP contribution in [0.2, 0.25) is 0 Å². The lowest BCUT2D eigenvalue weighted by atomic mass is 9.85. The molecule has 0 atom stereocenters. The number of amides is 1. The fourth-order valence-electron chi connectivity index (χ4n) is 4.11. The summed E-state index contributed by atoms with van der Waals surface area (Å²) in [5.74, 6) is 1.21. The first kappa shape index (κ1) is 24.5. The first-order valence-corrected chi connectivity index (χ1v) is 11.4. The molecule has 1 amide bonds. The van der Waals surface area contributed by atoms with Gasteiger partial charge in [0.05, 0.1) is 23.8 Å². The van der Waals surface area contributed by atoms with Crippen molar-refractivity contribution in [3.63, 3.8) is 0 Å². The molecule has 2 fully saturated rings. The van der Waals surface area contributed by atoms with Crippen molar-refractivity contribution < 1.29 is 24.2 Å². The highest BCUT2D eigenvalue weighted by Gasteiger charge is 2.23. The van der Waals surface area contributed by atoms with Crippen molar-refractivity contribution in [2.24, 2.45) is 13.0 Å². The predicted molar refractivity (Wildman–Crippen MR) is 121 cm³/mol. The summed E-state index contributed by atoms with van der Waals surface area (Å²) in [6, 6.07) is 0. The van der Waals surface area contributed by atoms with Crippen molar-refractivity contribution >= 4 is 12.6 Å². The van der Waals surface area contributed by atoms with Gasteiger partial charge in [-0.2, -0.15) is 5.10 Å². The number of aromatic nitrogens is 4. The van der Waals surface area contributed by atoms with Crippen LogP contribution < -0.4 is 4.74 Å². The number of carbonyl (C=O) groups excluding carboxylic acids is 1. The summed E-state index contributed by atoms with van der Waals surface area (Å²) in [5, 5.41) is 11.2. The third kappa shape index (κ3) is 6.43. The minimum atomic E-state index is -0.309. The molecule has 33 heavy (non-hydrogen) atoms. The van der Waals surface area contributed by atoms with E-state index < -0.39 is 0 Å². The topological polar surface area (TPSA) is 120 Å². The van der Waals surface area contributed by atoms with Gasteiger partial charge in [-0.3, -0.25) is 9.48 Å². The summed E-state index contributed by atoms with van der Waals surface area (Å²) in [6.07, 6.45) is 11.6. The maximum absolute atomic E-state index is 12.4. The zero-order valence-corrected chi connectivity index (χ0v) is 19.6. The van der Waals surface area contributed by atoms with E-state index in [1.165, 1.54) is 32.1 Å². The molecule has 2 heterocycles. The molecule has 2 aromatic heterocycles. The van der Waals surface area contributed by atoms with E-state index in [-0.39, 0.29) is 25.3 Å². The number of carbonyl (C=O) groups is 2. The van der Waals surface area contributed by atoms with E-state index in [2.05, 4.69) is 15.1 Å². The summed E-state index contributed by atoms with van der Waals surface area (Å²) < 4.78 is 13.3. The van der Waals surface area contributed by atoms with E-state index in [1.54, 1.807) is 29.0 Å². The van der Waals surface area contributed by atoms with Gasteiger partial charge in [0.15, 0.2) is 0 Å². The van der Waals surface area contributed by atoms with Crippen LogP contribution in [0.5, 0.6) is 5.88 Å². The van der Waals surface area contributed by atoms with Crippen LogP contribution in [0.25, 0.3) is 11.3 Å². The van der Waals surface area contributed by atoms with Crippen molar-refractivity contribution in [2.75, 3.05) is 13.6 Å². The van der Waals surface area contributed by atoms with E-state index >= 15 is 0 Å². The Hall–Kier alpha value is -3.17. The Balaban J connectivity index is 0.000000968. The van der Waals surface area contributed by atoms with Crippen molar-refractivity contribution in [2.45, 2.75) is 64.6 Å². The van der Waals surface area contributed by atoms with Crippen LogP contribution in [-0.4, -0.2) is 62.0 Å². The Morgan fingerprint density at radius 3 is 2.55 bits per heavy atom. The SMILES string of the molecule is Cc1nc(-c2cnn(C)c2COC(=O)N(C)CC2CCC2)cnc1OC1CCCC1.O=CO. The number of nitrogens with zero attached hydrogens (tertiary/aromatic N) is 5. The molecule has 10 heteroatoms. The smallest absolute Gasteiger partial charge is 0.409 e. The standard InChI is InChI=1S/C22H31N5O3.CH2O2/c1-15-21(30-17-9-4-5-10-17)23-12-19(25-15)18-11-24-27(3)20(18)14-29-22(28)26(2)13-16-7-6-8-16;2-1-3/h11-12,16-17H,4-10,13-14H2,1-3H3;1H,(H,2,3). The number of hydrogen-bond acceptors (Lipinski definition) is 7. The molecule has 2 aromatic rings. The van der Waals surface area contributed by atoms with Gasteiger partial charge in [-0.25, -0.2) is 14.8 Å². The molecule has 0 aromatic carbocycles. The largest absolute Gasteiger partial charge is 0.483 e. The van der Waals surface area contributed by atoms with Gasteiger partial charge >= 0.3 is 6.09 Å². The van der Waals surface area contributed by atoms with E-state index in [0.717, 1.165) is 36.3 Å². The number of hydrogen-bond donors (Lipinski definition) is 1. The summed E-state index contributed by atoms with van der Waals surface area (Å²) in [4.78, 5) is 31.6. The first-order valence-electron chi connectivity index (χ1n) is 11.4. The minimum Gasteiger partial charge on any atom is -0.483 e. The minimum absolute atomic E-state index is 0.140. The van der Waals surface area contributed by atoms with Gasteiger partial charge in [0.1, 0.15) is 18.4 Å². The Morgan fingerprint density at radius 1 is 1.24 bits per heavy atom. The van der Waals surface area contributed by atoms with E-state index in [9.17, 15) is 4.79 Å². The Labute approximate surface area is 193 Å². The monoisotopic (exact) mass is 459 g/mol. The van der Waals surface area contributed by atoms with Gasteiger partial charge < -0.3 is 19.5 Å². The van der Waals surface area contributed by atoms with Crippen LogP contribution in [-0.2, 0) is 23.2 Å². The number of aryl methyl sites for hydroxylation is 2. The lowest BCUT2D eigenvalue weighted by molar-refractivity contribution is -0.122. The molecule has 10 nitrogen and oxygen atoms in total. The van der Waals surface area contributed by atoms with Crippen LogP contribution >= 0.6 is 0 Å². The molecular weight excluding hydrogens is 426 g/mol. The second-order valence-corrected chi connectivity index (χ2v) is 8.64. The summed E-state index contributed by atoms with van der Waals surface area (Å²) in [6.45, 7) is 2.55. The molecular formula is C23H33N5O5. The first-order chi connectivity index (χ1) is 15.9. The average Bonchev–Trinajstić information content (AvgIpc) is 3.40. The highest BCUT2D eigenvalue weighted by Crippen LogP contribution is 2.28. The molecule has 1 N–H and O–H groups in total. The molecule has 0 aliphatic heterocycles. The summed E-state index contributed by atoms with van der Waals surface area (Å²) in [7, 11) is 3.63. The number of rotatable bonds is 7. The Kier molecular flexibility index (Phi) is 8.62.